The highest BCUT2D eigenvalue weighted by atomic mass is 79.9. The summed E-state index contributed by atoms with van der Waals surface area (Å²) in [5, 5.41) is 0. The van der Waals surface area contributed by atoms with Crippen LogP contribution < -0.4 is 0 Å². The van der Waals surface area contributed by atoms with Crippen LogP contribution in [0.15, 0.2) is 12.3 Å². The van der Waals surface area contributed by atoms with E-state index >= 15 is 0 Å². The summed E-state index contributed by atoms with van der Waals surface area (Å²) in [4.78, 5) is 12.0. The third-order valence-corrected chi connectivity index (χ3v) is 1.01. The maximum absolute atomic E-state index is 10.4. The fourth-order valence-electron chi connectivity index (χ4n) is 0.539. The number of hydrogen-bond donors (Lipinski definition) is 0. The molecule has 0 fully saturated rings. The lowest BCUT2D eigenvalue weighted by Gasteiger charge is -2.00. The Hall–Kier alpha value is -0.310. The smallest absolute Gasteiger partial charge is 0.230 e. The molecule has 1 aliphatic rings. The van der Waals surface area contributed by atoms with Crippen molar-refractivity contribution < 1.29 is 4.79 Å². The minimum absolute atomic E-state index is 0. The van der Waals surface area contributed by atoms with Gasteiger partial charge in [0.25, 0.3) is 0 Å². The van der Waals surface area contributed by atoms with Crippen LogP contribution in [0, 0.1) is 0 Å². The van der Waals surface area contributed by atoms with Crippen molar-refractivity contribution in [2.45, 2.75) is 6.42 Å². The van der Waals surface area contributed by atoms with Crippen molar-refractivity contribution in [2.75, 3.05) is 7.05 Å². The zero-order valence-electron chi connectivity index (χ0n) is 4.63. The monoisotopic (exact) mass is 177 g/mol. The van der Waals surface area contributed by atoms with Crippen molar-refractivity contribution in [2.24, 2.45) is 0 Å². The summed E-state index contributed by atoms with van der Waals surface area (Å²) in [5.41, 5.74) is 0. The first kappa shape index (κ1) is 7.69. The number of carbonyl (C=O) groups excluding carboxylic acids is 1. The molecule has 0 saturated heterocycles. The molecule has 8 heavy (non-hydrogen) atoms. The third kappa shape index (κ3) is 1.33. The Bertz CT molecular complexity index is 122. The number of hydrogen-bond acceptors (Lipinski definition) is 1. The molecule has 0 saturated carbocycles. The standard InChI is InChI=1S/C5H7NO.BrH/c1-6-4-2-3-5(6)7;/h2,4H,3H2,1H3;1H. The maximum atomic E-state index is 10.4. The molecule has 0 radical (unpaired) electrons. The van der Waals surface area contributed by atoms with Gasteiger partial charge >= 0.3 is 0 Å². The first-order valence-electron chi connectivity index (χ1n) is 2.23. The Kier molecular flexibility index (Phi) is 2.76. The topological polar surface area (TPSA) is 20.3 Å². The molecule has 1 rings (SSSR count). The fourth-order valence-corrected chi connectivity index (χ4v) is 0.539. The second kappa shape index (κ2) is 2.87. The first-order valence-corrected chi connectivity index (χ1v) is 2.23. The van der Waals surface area contributed by atoms with Crippen LogP contribution in [0.25, 0.3) is 0 Å². The highest BCUT2D eigenvalue weighted by Gasteiger charge is 2.07. The molecule has 0 bridgehead atoms. The van der Waals surface area contributed by atoms with Gasteiger partial charge in [-0.05, 0) is 0 Å². The van der Waals surface area contributed by atoms with Crippen LogP contribution in [-0.4, -0.2) is 17.9 Å². The Morgan fingerprint density at radius 2 is 2.38 bits per heavy atom. The summed E-state index contributed by atoms with van der Waals surface area (Å²) in [5.74, 6) is 0.181. The van der Waals surface area contributed by atoms with Gasteiger partial charge in [-0.2, -0.15) is 0 Å². The second-order valence-corrected chi connectivity index (χ2v) is 1.59. The highest BCUT2D eigenvalue weighted by Crippen LogP contribution is 2.00. The van der Waals surface area contributed by atoms with Crippen LogP contribution in [0.4, 0.5) is 0 Å². The Morgan fingerprint density at radius 1 is 1.75 bits per heavy atom. The molecule has 0 aromatic heterocycles. The Balaban J connectivity index is 0.000000490. The molecule has 0 unspecified atom stereocenters. The van der Waals surface area contributed by atoms with Gasteiger partial charge in [-0.3, -0.25) is 4.79 Å². The molecule has 0 N–H and O–H groups in total. The number of carbonyl (C=O) groups is 1. The van der Waals surface area contributed by atoms with Crippen LogP contribution in [0.3, 0.4) is 0 Å². The number of rotatable bonds is 0. The normalized spacial score (nSPS) is 16.6. The Morgan fingerprint density at radius 3 is 2.50 bits per heavy atom. The van der Waals surface area contributed by atoms with E-state index in [1.165, 1.54) is 0 Å². The van der Waals surface area contributed by atoms with E-state index in [-0.39, 0.29) is 22.9 Å². The molecular weight excluding hydrogens is 170 g/mol. The molecule has 0 spiro atoms. The van der Waals surface area contributed by atoms with Gasteiger partial charge in [-0.15, -0.1) is 17.0 Å². The molecule has 0 atom stereocenters. The van der Waals surface area contributed by atoms with Crippen LogP contribution in [0.2, 0.25) is 0 Å². The van der Waals surface area contributed by atoms with Crippen LogP contribution in [-0.2, 0) is 4.79 Å². The lowest BCUT2D eigenvalue weighted by molar-refractivity contribution is -0.125. The summed E-state index contributed by atoms with van der Waals surface area (Å²) in [6.45, 7) is 0. The second-order valence-electron chi connectivity index (χ2n) is 1.59. The highest BCUT2D eigenvalue weighted by molar-refractivity contribution is 8.93. The zero-order chi connectivity index (χ0) is 5.28. The minimum Gasteiger partial charge on any atom is -0.322 e. The summed E-state index contributed by atoms with van der Waals surface area (Å²) in [6, 6.07) is 0. The molecule has 1 aliphatic heterocycles. The van der Waals surface area contributed by atoms with E-state index in [2.05, 4.69) is 0 Å². The molecule has 46 valence electrons. The van der Waals surface area contributed by atoms with E-state index in [0.29, 0.717) is 6.42 Å². The molecule has 1 heterocycles. The van der Waals surface area contributed by atoms with Crippen molar-refractivity contribution in [1.82, 2.24) is 4.90 Å². The van der Waals surface area contributed by atoms with Crippen LogP contribution >= 0.6 is 17.0 Å². The number of amides is 1. The quantitative estimate of drug-likeness (QED) is 0.540. The predicted octanol–water partition coefficient (Wildman–Crippen LogP) is 0.940. The van der Waals surface area contributed by atoms with Gasteiger partial charge in [0.05, 0.1) is 0 Å². The van der Waals surface area contributed by atoms with E-state index in [1.807, 2.05) is 6.08 Å². The largest absolute Gasteiger partial charge is 0.322 e. The molecule has 0 aromatic carbocycles. The van der Waals surface area contributed by atoms with E-state index in [0.717, 1.165) is 0 Å². The minimum atomic E-state index is 0. The van der Waals surface area contributed by atoms with Gasteiger partial charge in [0.2, 0.25) is 5.91 Å². The Labute approximate surface area is 58.9 Å². The lowest BCUT2D eigenvalue weighted by atomic mass is 10.5. The van der Waals surface area contributed by atoms with Gasteiger partial charge in [-0.1, -0.05) is 6.08 Å². The molecule has 1 amide bonds. The van der Waals surface area contributed by atoms with Crippen molar-refractivity contribution in [1.29, 1.82) is 0 Å². The molecule has 3 heteroatoms. The van der Waals surface area contributed by atoms with Gasteiger partial charge < -0.3 is 4.90 Å². The lowest BCUT2D eigenvalue weighted by Crippen LogP contribution is -2.13. The summed E-state index contributed by atoms with van der Waals surface area (Å²) in [6.07, 6.45) is 4.21. The van der Waals surface area contributed by atoms with Gasteiger partial charge in [0.15, 0.2) is 0 Å². The zero-order valence-corrected chi connectivity index (χ0v) is 6.34. The average Bonchev–Trinajstić information content (AvgIpc) is 1.91. The van der Waals surface area contributed by atoms with Crippen molar-refractivity contribution in [3.8, 4) is 0 Å². The SMILES string of the molecule is Br.CN1C=CCC1=O. The van der Waals surface area contributed by atoms with Crippen LogP contribution in [0.5, 0.6) is 0 Å². The average molecular weight is 178 g/mol. The van der Waals surface area contributed by atoms with E-state index < -0.39 is 0 Å². The van der Waals surface area contributed by atoms with Crippen LogP contribution in [0.1, 0.15) is 6.42 Å². The number of halogens is 1. The summed E-state index contributed by atoms with van der Waals surface area (Å²) < 4.78 is 0. The molecular formula is C5H8BrNO. The van der Waals surface area contributed by atoms with E-state index in [4.69, 9.17) is 0 Å². The first-order chi connectivity index (χ1) is 3.30. The fraction of sp³-hybridized carbons (Fsp3) is 0.400. The summed E-state index contributed by atoms with van der Waals surface area (Å²) in [7, 11) is 1.76. The van der Waals surface area contributed by atoms with Crippen molar-refractivity contribution >= 4 is 22.9 Å². The van der Waals surface area contributed by atoms with Gasteiger partial charge in [0, 0.05) is 19.7 Å². The van der Waals surface area contributed by atoms with E-state index in [1.54, 1.807) is 18.1 Å². The maximum Gasteiger partial charge on any atom is 0.230 e. The molecule has 0 aromatic rings. The molecule has 0 aliphatic carbocycles. The predicted molar refractivity (Wildman–Crippen MR) is 36.8 cm³/mol. The molecule has 2 nitrogen and oxygen atoms in total. The van der Waals surface area contributed by atoms with Crippen molar-refractivity contribution in [3.63, 3.8) is 0 Å². The van der Waals surface area contributed by atoms with Crippen molar-refractivity contribution in [3.05, 3.63) is 12.3 Å². The third-order valence-electron chi connectivity index (χ3n) is 1.01. The number of nitrogens with zero attached hydrogens (tertiary/aromatic N) is 1. The van der Waals surface area contributed by atoms with Gasteiger partial charge in [-0.25, -0.2) is 0 Å². The summed E-state index contributed by atoms with van der Waals surface area (Å²) >= 11 is 0. The van der Waals surface area contributed by atoms with Gasteiger partial charge in [0.1, 0.15) is 0 Å². The van der Waals surface area contributed by atoms with E-state index in [9.17, 15) is 4.79 Å².